The quantitative estimate of drug-likeness (QED) is 0.426. The van der Waals surface area contributed by atoms with Crippen molar-refractivity contribution in [2.75, 3.05) is 0 Å². The Labute approximate surface area is 167 Å². The lowest BCUT2D eigenvalue weighted by Crippen LogP contribution is -2.20. The van der Waals surface area contributed by atoms with Gasteiger partial charge in [0.15, 0.2) is 5.82 Å². The van der Waals surface area contributed by atoms with Gasteiger partial charge in [-0.05, 0) is 43.3 Å². The molecule has 0 aliphatic carbocycles. The Kier molecular flexibility index (Phi) is 4.79. The minimum Gasteiger partial charge on any atom is -0.267 e. The van der Waals surface area contributed by atoms with E-state index in [4.69, 9.17) is 0 Å². The van der Waals surface area contributed by atoms with Crippen molar-refractivity contribution >= 4 is 28.5 Å². The summed E-state index contributed by atoms with van der Waals surface area (Å²) in [5.74, 6) is 0.0457. The number of nitrogens with zero attached hydrogens (tertiary/aromatic N) is 3. The lowest BCUT2D eigenvalue weighted by Gasteiger charge is -2.12. The Hall–Kier alpha value is -3.26. The monoisotopic (exact) mass is 413 g/mol. The molecular formula is C21H14F3N3OS. The summed E-state index contributed by atoms with van der Waals surface area (Å²) in [6.45, 7) is 1.94. The summed E-state index contributed by atoms with van der Waals surface area (Å²) in [5, 5.41) is 4.59. The van der Waals surface area contributed by atoms with Crippen LogP contribution in [0.15, 0.2) is 70.6 Å². The zero-order valence-electron chi connectivity index (χ0n) is 15.1. The van der Waals surface area contributed by atoms with E-state index >= 15 is 0 Å². The van der Waals surface area contributed by atoms with Crippen LogP contribution in [-0.4, -0.2) is 15.9 Å². The van der Waals surface area contributed by atoms with E-state index in [0.29, 0.717) is 10.9 Å². The summed E-state index contributed by atoms with van der Waals surface area (Å²) in [7, 11) is 0. The highest BCUT2D eigenvalue weighted by molar-refractivity contribution is 7.13. The zero-order valence-corrected chi connectivity index (χ0v) is 16.0. The average molecular weight is 413 g/mol. The summed E-state index contributed by atoms with van der Waals surface area (Å²) < 4.78 is 40.6. The fourth-order valence-electron chi connectivity index (χ4n) is 2.89. The van der Waals surface area contributed by atoms with Gasteiger partial charge in [-0.2, -0.15) is 22.9 Å². The van der Waals surface area contributed by atoms with Crippen molar-refractivity contribution < 1.29 is 13.2 Å². The highest BCUT2D eigenvalue weighted by atomic mass is 32.1. The third kappa shape index (κ3) is 3.84. The molecule has 2 aromatic heterocycles. The number of hydrogen-bond donors (Lipinski definition) is 0. The molecule has 0 unspecified atom stereocenters. The van der Waals surface area contributed by atoms with E-state index in [-0.39, 0.29) is 11.4 Å². The SMILES string of the molecule is Cc1ccc(C=Nn2c(-c3cccc(C(F)(F)F)c3)nc3ccccc3c2=O)s1. The number of hydrogen-bond acceptors (Lipinski definition) is 4. The van der Waals surface area contributed by atoms with Gasteiger partial charge < -0.3 is 0 Å². The number of halogens is 3. The van der Waals surface area contributed by atoms with Gasteiger partial charge in [0.25, 0.3) is 5.56 Å². The molecule has 146 valence electrons. The molecule has 0 N–H and O–H groups in total. The maximum Gasteiger partial charge on any atom is 0.416 e. The number of alkyl halides is 3. The summed E-state index contributed by atoms with van der Waals surface area (Å²) in [5.41, 5.74) is -0.722. The Morgan fingerprint density at radius 2 is 1.86 bits per heavy atom. The number of rotatable bonds is 3. The van der Waals surface area contributed by atoms with Gasteiger partial charge in [0.1, 0.15) is 0 Å². The van der Waals surface area contributed by atoms with Crippen molar-refractivity contribution in [1.82, 2.24) is 9.66 Å². The maximum atomic E-state index is 13.2. The van der Waals surface area contributed by atoms with Gasteiger partial charge in [0.2, 0.25) is 0 Å². The Morgan fingerprint density at radius 1 is 1.07 bits per heavy atom. The van der Waals surface area contributed by atoms with E-state index in [1.165, 1.54) is 29.7 Å². The predicted molar refractivity (Wildman–Crippen MR) is 108 cm³/mol. The standard InChI is InChI=1S/C21H14F3N3OS/c1-13-9-10-16(29-13)12-25-27-19(14-5-4-6-15(11-14)21(22,23)24)26-18-8-3-2-7-17(18)20(27)28/h2-12H,1H3. The molecule has 0 aliphatic rings. The predicted octanol–water partition coefficient (Wildman–Crippen LogP) is 5.33. The largest absolute Gasteiger partial charge is 0.416 e. The number of aryl methyl sites for hydroxylation is 1. The van der Waals surface area contributed by atoms with E-state index < -0.39 is 17.3 Å². The lowest BCUT2D eigenvalue weighted by atomic mass is 10.1. The highest BCUT2D eigenvalue weighted by Crippen LogP contribution is 2.31. The summed E-state index contributed by atoms with van der Waals surface area (Å²) in [4.78, 5) is 19.3. The highest BCUT2D eigenvalue weighted by Gasteiger charge is 2.30. The van der Waals surface area contributed by atoms with E-state index in [9.17, 15) is 18.0 Å². The van der Waals surface area contributed by atoms with Crippen LogP contribution in [0.25, 0.3) is 22.3 Å². The molecule has 0 atom stereocenters. The number of aromatic nitrogens is 2. The molecule has 0 saturated carbocycles. The van der Waals surface area contributed by atoms with Crippen LogP contribution in [0.3, 0.4) is 0 Å². The first-order valence-electron chi connectivity index (χ1n) is 8.63. The molecule has 29 heavy (non-hydrogen) atoms. The second-order valence-corrected chi connectivity index (χ2v) is 7.66. The molecule has 0 radical (unpaired) electrons. The summed E-state index contributed by atoms with van der Waals surface area (Å²) in [6.07, 6.45) is -3.00. The smallest absolute Gasteiger partial charge is 0.267 e. The van der Waals surface area contributed by atoms with Crippen LogP contribution >= 0.6 is 11.3 Å². The topological polar surface area (TPSA) is 47.2 Å². The van der Waals surface area contributed by atoms with E-state index in [1.807, 2.05) is 19.1 Å². The molecule has 2 aromatic carbocycles. The molecule has 0 saturated heterocycles. The lowest BCUT2D eigenvalue weighted by molar-refractivity contribution is -0.137. The molecule has 4 rings (SSSR count). The van der Waals surface area contributed by atoms with E-state index in [2.05, 4.69) is 10.1 Å². The minimum absolute atomic E-state index is 0.0457. The first-order valence-corrected chi connectivity index (χ1v) is 9.45. The molecule has 0 bridgehead atoms. The number of para-hydroxylation sites is 1. The van der Waals surface area contributed by atoms with Gasteiger partial charge in [-0.1, -0.05) is 24.3 Å². The Balaban J connectivity index is 1.95. The number of fused-ring (bicyclic) bond motifs is 1. The molecule has 4 nitrogen and oxygen atoms in total. The normalized spacial score (nSPS) is 12.1. The van der Waals surface area contributed by atoms with Crippen LogP contribution in [0.5, 0.6) is 0 Å². The third-order valence-electron chi connectivity index (χ3n) is 4.26. The molecule has 4 aromatic rings. The van der Waals surface area contributed by atoms with Crippen LogP contribution in [0.2, 0.25) is 0 Å². The fraction of sp³-hybridized carbons (Fsp3) is 0.0952. The molecule has 0 aliphatic heterocycles. The van der Waals surface area contributed by atoms with Gasteiger partial charge >= 0.3 is 6.18 Å². The van der Waals surface area contributed by atoms with Crippen molar-refractivity contribution in [3.05, 3.63) is 86.3 Å². The van der Waals surface area contributed by atoms with Crippen LogP contribution in [0.1, 0.15) is 15.3 Å². The van der Waals surface area contributed by atoms with Crippen molar-refractivity contribution in [2.24, 2.45) is 5.10 Å². The maximum absolute atomic E-state index is 13.2. The second-order valence-electron chi connectivity index (χ2n) is 6.34. The Bertz CT molecular complexity index is 1290. The molecule has 8 heteroatoms. The summed E-state index contributed by atoms with van der Waals surface area (Å²) in [6, 6.07) is 15.2. The van der Waals surface area contributed by atoms with Crippen LogP contribution in [0.4, 0.5) is 13.2 Å². The van der Waals surface area contributed by atoms with Crippen molar-refractivity contribution in [1.29, 1.82) is 0 Å². The van der Waals surface area contributed by atoms with Crippen molar-refractivity contribution in [2.45, 2.75) is 13.1 Å². The Morgan fingerprint density at radius 3 is 2.59 bits per heavy atom. The fourth-order valence-corrected chi connectivity index (χ4v) is 3.63. The minimum atomic E-state index is -4.50. The van der Waals surface area contributed by atoms with E-state index in [0.717, 1.165) is 26.6 Å². The van der Waals surface area contributed by atoms with Crippen molar-refractivity contribution in [3.63, 3.8) is 0 Å². The summed E-state index contributed by atoms with van der Waals surface area (Å²) >= 11 is 1.49. The first-order chi connectivity index (χ1) is 13.8. The molecular weight excluding hydrogens is 399 g/mol. The zero-order chi connectivity index (χ0) is 20.6. The van der Waals surface area contributed by atoms with Crippen LogP contribution in [0, 0.1) is 6.92 Å². The number of thiophene rings is 1. The molecule has 0 spiro atoms. The van der Waals surface area contributed by atoms with Gasteiger partial charge in [-0.25, -0.2) is 4.98 Å². The first kappa shape index (κ1) is 19.1. The van der Waals surface area contributed by atoms with Gasteiger partial charge in [0.05, 0.1) is 22.7 Å². The van der Waals surface area contributed by atoms with Gasteiger partial charge in [0, 0.05) is 15.3 Å². The van der Waals surface area contributed by atoms with E-state index in [1.54, 1.807) is 24.3 Å². The van der Waals surface area contributed by atoms with Gasteiger partial charge in [-0.3, -0.25) is 4.79 Å². The van der Waals surface area contributed by atoms with Gasteiger partial charge in [-0.15, -0.1) is 11.3 Å². The van der Waals surface area contributed by atoms with Crippen LogP contribution < -0.4 is 5.56 Å². The van der Waals surface area contributed by atoms with Crippen molar-refractivity contribution in [3.8, 4) is 11.4 Å². The second kappa shape index (κ2) is 7.29. The third-order valence-corrected chi connectivity index (χ3v) is 5.20. The molecule has 2 heterocycles. The average Bonchev–Trinajstić information content (AvgIpc) is 3.12. The molecule has 0 fully saturated rings. The number of benzene rings is 2. The molecule has 0 amide bonds. The van der Waals surface area contributed by atoms with Crippen LogP contribution in [-0.2, 0) is 6.18 Å².